The van der Waals surface area contributed by atoms with Crippen molar-refractivity contribution in [2.45, 2.75) is 19.4 Å². The number of nitrogens with zero attached hydrogens (tertiary/aromatic N) is 4. The van der Waals surface area contributed by atoms with E-state index in [2.05, 4.69) is 20.1 Å². The van der Waals surface area contributed by atoms with Crippen LogP contribution in [0.5, 0.6) is 0 Å². The van der Waals surface area contributed by atoms with Crippen molar-refractivity contribution < 1.29 is 14.7 Å². The molecule has 0 unspecified atom stereocenters. The zero-order valence-electron chi connectivity index (χ0n) is 20.0. The first-order valence-electron chi connectivity index (χ1n) is 11.9. The molecule has 3 aromatic heterocycles. The van der Waals surface area contributed by atoms with E-state index in [1.54, 1.807) is 6.20 Å². The number of piperazine rings is 1. The van der Waals surface area contributed by atoms with Gasteiger partial charge in [0, 0.05) is 49.9 Å². The second-order valence-corrected chi connectivity index (χ2v) is 10.8. The monoisotopic (exact) mass is 502 g/mol. The largest absolute Gasteiger partial charge is 0.389 e. The number of anilines is 1. The quantitative estimate of drug-likeness (QED) is 0.360. The summed E-state index contributed by atoms with van der Waals surface area (Å²) in [5.41, 5.74) is 2.64. The lowest BCUT2D eigenvalue weighted by Crippen LogP contribution is -2.51. The van der Waals surface area contributed by atoms with Crippen molar-refractivity contribution >= 4 is 61.4 Å². The lowest BCUT2D eigenvalue weighted by atomic mass is 9.99. The molecule has 0 radical (unpaired) electrons. The Balaban J connectivity index is 1.46. The van der Waals surface area contributed by atoms with Crippen LogP contribution in [0, 0.1) is 0 Å². The molecule has 0 aliphatic carbocycles. The van der Waals surface area contributed by atoms with Gasteiger partial charge < -0.3 is 15.0 Å². The molecule has 2 aliphatic heterocycles. The van der Waals surface area contributed by atoms with E-state index in [1.165, 1.54) is 11.3 Å². The Labute approximate surface area is 211 Å². The summed E-state index contributed by atoms with van der Waals surface area (Å²) in [7, 11) is 0. The van der Waals surface area contributed by atoms with Gasteiger partial charge in [-0.2, -0.15) is 0 Å². The number of nitrogens with one attached hydrogen (secondary N) is 2. The van der Waals surface area contributed by atoms with Gasteiger partial charge in [0.05, 0.1) is 38.2 Å². The highest BCUT2D eigenvalue weighted by Gasteiger charge is 2.36. The number of para-hydroxylation sites is 1. The van der Waals surface area contributed by atoms with E-state index < -0.39 is 17.4 Å². The highest BCUT2D eigenvalue weighted by Crippen LogP contribution is 2.38. The van der Waals surface area contributed by atoms with Crippen LogP contribution in [0.1, 0.15) is 25.1 Å². The van der Waals surface area contributed by atoms with Gasteiger partial charge in [-0.1, -0.05) is 18.2 Å². The maximum atomic E-state index is 13.2. The Kier molecular flexibility index (Phi) is 5.40. The van der Waals surface area contributed by atoms with E-state index >= 15 is 0 Å². The average molecular weight is 503 g/mol. The first-order chi connectivity index (χ1) is 17.3. The Bertz CT molecular complexity index is 1540. The summed E-state index contributed by atoms with van der Waals surface area (Å²) in [4.78, 5) is 43.4. The molecule has 0 spiro atoms. The molecule has 2 amide bonds. The maximum absolute atomic E-state index is 13.2. The first-order valence-corrected chi connectivity index (χ1v) is 12.8. The van der Waals surface area contributed by atoms with Crippen molar-refractivity contribution in [2.24, 2.45) is 0 Å². The number of imide groups is 1. The van der Waals surface area contributed by atoms with E-state index in [-0.39, 0.29) is 5.57 Å². The summed E-state index contributed by atoms with van der Waals surface area (Å²) in [6, 6.07) is 9.52. The van der Waals surface area contributed by atoms with Crippen LogP contribution in [0.2, 0.25) is 0 Å². The third-order valence-electron chi connectivity index (χ3n) is 6.58. The molecule has 0 atom stereocenters. The van der Waals surface area contributed by atoms with Gasteiger partial charge in [0.25, 0.3) is 11.8 Å². The Morgan fingerprint density at radius 3 is 2.56 bits per heavy atom. The molecule has 5 heterocycles. The SMILES string of the molecule is CC(C)(O)CN1CCN(c2nc(C3=C(c4c[nH]c5ccsc45)C(=O)NC3=O)c3ccccc3n2)CC1. The van der Waals surface area contributed by atoms with Gasteiger partial charge >= 0.3 is 0 Å². The molecule has 1 aromatic carbocycles. The summed E-state index contributed by atoms with van der Waals surface area (Å²) in [5.74, 6) is -0.347. The molecule has 36 heavy (non-hydrogen) atoms. The van der Waals surface area contributed by atoms with Gasteiger partial charge in [-0.3, -0.25) is 19.8 Å². The van der Waals surface area contributed by atoms with Crippen LogP contribution < -0.4 is 10.2 Å². The lowest BCUT2D eigenvalue weighted by molar-refractivity contribution is -0.122. The predicted octanol–water partition coefficient (Wildman–Crippen LogP) is 2.63. The zero-order valence-corrected chi connectivity index (χ0v) is 20.9. The van der Waals surface area contributed by atoms with Crippen LogP contribution in [0.4, 0.5) is 5.95 Å². The van der Waals surface area contributed by atoms with Gasteiger partial charge in [0.2, 0.25) is 5.95 Å². The number of carbonyl (C=O) groups is 2. The number of rotatable bonds is 5. The van der Waals surface area contributed by atoms with Crippen LogP contribution in [0.3, 0.4) is 0 Å². The fraction of sp³-hybridized carbons (Fsp3) is 0.308. The lowest BCUT2D eigenvalue weighted by Gasteiger charge is -2.37. The third kappa shape index (κ3) is 3.97. The van der Waals surface area contributed by atoms with Crippen molar-refractivity contribution in [1.82, 2.24) is 25.2 Å². The predicted molar refractivity (Wildman–Crippen MR) is 141 cm³/mol. The smallest absolute Gasteiger partial charge is 0.261 e. The van der Waals surface area contributed by atoms with E-state index in [0.717, 1.165) is 28.7 Å². The first kappa shape index (κ1) is 22.8. The highest BCUT2D eigenvalue weighted by molar-refractivity contribution is 7.17. The number of H-pyrrole nitrogens is 1. The maximum Gasteiger partial charge on any atom is 0.261 e. The minimum atomic E-state index is -0.758. The van der Waals surface area contributed by atoms with E-state index in [1.807, 2.05) is 49.6 Å². The Morgan fingerprint density at radius 1 is 1.03 bits per heavy atom. The molecular formula is C26H26N6O3S. The number of carbonyl (C=O) groups excluding carboxylic acids is 2. The highest BCUT2D eigenvalue weighted by atomic mass is 32.1. The van der Waals surface area contributed by atoms with Gasteiger partial charge in [-0.05, 0) is 31.4 Å². The summed E-state index contributed by atoms with van der Waals surface area (Å²) in [5, 5.41) is 15.3. The number of fused-ring (bicyclic) bond motifs is 2. The molecule has 2 aliphatic rings. The zero-order chi connectivity index (χ0) is 25.0. The number of hydrogen-bond donors (Lipinski definition) is 3. The van der Waals surface area contributed by atoms with E-state index in [0.29, 0.717) is 47.9 Å². The van der Waals surface area contributed by atoms with Crippen LogP contribution >= 0.6 is 11.3 Å². The average Bonchev–Trinajstić information content (AvgIpc) is 3.52. The number of β-amino-alcohol motifs (C(OH)–C–C–N with tert-alkyl or cyclic N) is 1. The van der Waals surface area contributed by atoms with E-state index in [4.69, 9.17) is 9.97 Å². The van der Waals surface area contributed by atoms with Crippen molar-refractivity contribution in [1.29, 1.82) is 0 Å². The third-order valence-corrected chi connectivity index (χ3v) is 7.52. The molecule has 3 N–H and O–H groups in total. The molecule has 6 rings (SSSR count). The van der Waals surface area contributed by atoms with Crippen LogP contribution in [-0.2, 0) is 9.59 Å². The summed E-state index contributed by atoms with van der Waals surface area (Å²) >= 11 is 1.52. The summed E-state index contributed by atoms with van der Waals surface area (Å²) in [6.07, 6.45) is 1.78. The standard InChI is InChI=1S/C26H26N6O3S/c1-26(2,35)14-31-8-10-32(11-9-31)25-28-17-6-4-3-5-15(17)21(29-25)20-19(23(33)30-24(20)34)16-13-27-18-7-12-36-22(16)18/h3-7,12-13,27,35H,8-11,14H2,1-2H3,(H,30,33,34). The molecule has 10 heteroatoms. The fourth-order valence-electron chi connectivity index (χ4n) is 5.02. The molecular weight excluding hydrogens is 476 g/mol. The molecule has 9 nitrogen and oxygen atoms in total. The molecule has 184 valence electrons. The number of hydrogen-bond acceptors (Lipinski definition) is 8. The number of aromatic amines is 1. The molecule has 1 fully saturated rings. The second-order valence-electron chi connectivity index (χ2n) is 9.86. The molecule has 4 aromatic rings. The fourth-order valence-corrected chi connectivity index (χ4v) is 5.90. The number of aliphatic hydroxyl groups is 1. The van der Waals surface area contributed by atoms with Crippen molar-refractivity contribution in [3.8, 4) is 0 Å². The topological polar surface area (TPSA) is 114 Å². The number of benzene rings is 1. The van der Waals surface area contributed by atoms with Gasteiger partial charge in [-0.25, -0.2) is 9.97 Å². The Morgan fingerprint density at radius 2 is 1.78 bits per heavy atom. The number of thiophene rings is 1. The van der Waals surface area contributed by atoms with Crippen LogP contribution in [-0.4, -0.2) is 75.1 Å². The minimum absolute atomic E-state index is 0.273. The van der Waals surface area contributed by atoms with Crippen molar-refractivity contribution in [3.63, 3.8) is 0 Å². The van der Waals surface area contributed by atoms with Gasteiger partial charge in [0.1, 0.15) is 0 Å². The number of amides is 2. The number of aromatic nitrogens is 3. The molecule has 1 saturated heterocycles. The van der Waals surface area contributed by atoms with Crippen molar-refractivity contribution in [2.75, 3.05) is 37.6 Å². The van der Waals surface area contributed by atoms with Gasteiger partial charge in [-0.15, -0.1) is 11.3 Å². The summed E-state index contributed by atoms with van der Waals surface area (Å²) in [6.45, 7) is 7.13. The normalized spacial score (nSPS) is 17.6. The molecule has 0 bridgehead atoms. The van der Waals surface area contributed by atoms with Crippen LogP contribution in [0.15, 0.2) is 41.9 Å². The van der Waals surface area contributed by atoms with E-state index in [9.17, 15) is 14.7 Å². The molecule has 0 saturated carbocycles. The van der Waals surface area contributed by atoms with Gasteiger partial charge in [0.15, 0.2) is 0 Å². The second kappa shape index (κ2) is 8.51. The Hall–Kier alpha value is -3.60. The van der Waals surface area contributed by atoms with Crippen LogP contribution in [0.25, 0.3) is 32.3 Å². The van der Waals surface area contributed by atoms with Crippen molar-refractivity contribution in [3.05, 3.63) is 53.2 Å². The minimum Gasteiger partial charge on any atom is -0.389 e. The summed E-state index contributed by atoms with van der Waals surface area (Å²) < 4.78 is 0.925.